The smallest absolute Gasteiger partial charge is 0.159 e. The van der Waals surface area contributed by atoms with Crippen LogP contribution in [0.1, 0.15) is 11.6 Å². The first-order chi connectivity index (χ1) is 10.7. The molecule has 22 heavy (non-hydrogen) atoms. The molecule has 0 aromatic carbocycles. The molecule has 0 aliphatic rings. The van der Waals surface area contributed by atoms with Crippen molar-refractivity contribution in [2.75, 3.05) is 26.0 Å². The van der Waals surface area contributed by atoms with Gasteiger partial charge in [0.2, 0.25) is 0 Å². The van der Waals surface area contributed by atoms with E-state index in [4.69, 9.17) is 0 Å². The molecule has 1 N–H and O–H groups in total. The second kappa shape index (κ2) is 6.11. The first-order valence-corrected chi connectivity index (χ1v) is 7.24. The highest BCUT2D eigenvalue weighted by molar-refractivity contribution is 5.88. The number of fused-ring (bicyclic) bond motifs is 1. The number of anilines is 1. The number of hydrogen-bond donors (Lipinski definition) is 1. The van der Waals surface area contributed by atoms with Crippen molar-refractivity contribution in [1.82, 2.24) is 24.6 Å². The number of hydrogen-bond acceptors (Lipinski definition) is 5. The normalized spacial score (nSPS) is 12.7. The van der Waals surface area contributed by atoms with Crippen molar-refractivity contribution in [3.63, 3.8) is 0 Å². The van der Waals surface area contributed by atoms with Crippen LogP contribution in [-0.2, 0) is 7.05 Å². The minimum atomic E-state index is 0.244. The predicted molar refractivity (Wildman–Crippen MR) is 87.7 cm³/mol. The number of pyridine rings is 2. The third-order valence-electron chi connectivity index (χ3n) is 3.81. The Hall–Kier alpha value is -2.47. The van der Waals surface area contributed by atoms with Gasteiger partial charge in [-0.3, -0.25) is 9.67 Å². The van der Waals surface area contributed by atoms with E-state index in [2.05, 4.69) is 45.4 Å². The molecule has 3 heterocycles. The Morgan fingerprint density at radius 3 is 2.82 bits per heavy atom. The van der Waals surface area contributed by atoms with Gasteiger partial charge in [0.1, 0.15) is 0 Å². The fourth-order valence-corrected chi connectivity index (χ4v) is 2.58. The SMILES string of the molecule is CN(C)C(CNc1ccnc2c1cnn2C)c1cccnc1. The molecule has 0 saturated heterocycles. The maximum atomic E-state index is 4.36. The fraction of sp³-hybridized carbons (Fsp3) is 0.312. The van der Waals surface area contributed by atoms with Crippen LogP contribution in [0.3, 0.4) is 0 Å². The summed E-state index contributed by atoms with van der Waals surface area (Å²) in [7, 11) is 6.05. The number of likely N-dealkylation sites (N-methyl/N-ethyl adjacent to an activating group) is 1. The second-order valence-corrected chi connectivity index (χ2v) is 5.51. The van der Waals surface area contributed by atoms with Crippen LogP contribution < -0.4 is 5.32 Å². The van der Waals surface area contributed by atoms with E-state index in [1.807, 2.05) is 31.6 Å². The highest BCUT2D eigenvalue weighted by atomic mass is 15.3. The van der Waals surface area contributed by atoms with Gasteiger partial charge in [-0.2, -0.15) is 5.10 Å². The lowest BCUT2D eigenvalue weighted by Gasteiger charge is -2.25. The minimum Gasteiger partial charge on any atom is -0.382 e. The summed E-state index contributed by atoms with van der Waals surface area (Å²) >= 11 is 0. The monoisotopic (exact) mass is 296 g/mol. The zero-order valence-electron chi connectivity index (χ0n) is 13.1. The molecule has 3 rings (SSSR count). The molecule has 0 aliphatic carbocycles. The maximum absolute atomic E-state index is 4.36. The molecule has 6 nitrogen and oxygen atoms in total. The number of rotatable bonds is 5. The molecule has 0 aliphatic heterocycles. The van der Waals surface area contributed by atoms with Gasteiger partial charge < -0.3 is 10.2 Å². The maximum Gasteiger partial charge on any atom is 0.159 e. The third kappa shape index (κ3) is 2.78. The van der Waals surface area contributed by atoms with Crippen LogP contribution in [0.15, 0.2) is 43.0 Å². The first kappa shape index (κ1) is 14.5. The van der Waals surface area contributed by atoms with Gasteiger partial charge in [-0.1, -0.05) is 6.07 Å². The lowest BCUT2D eigenvalue weighted by Crippen LogP contribution is -2.27. The standard InChI is InChI=1S/C16H20N6/c1-21(2)15(12-5-4-7-17-9-12)11-19-14-6-8-18-16-13(14)10-20-22(16)3/h4-10,15H,11H2,1-3H3,(H,18,19). The highest BCUT2D eigenvalue weighted by Crippen LogP contribution is 2.23. The average molecular weight is 296 g/mol. The molecule has 0 fully saturated rings. The van der Waals surface area contributed by atoms with Crippen molar-refractivity contribution in [3.8, 4) is 0 Å². The van der Waals surface area contributed by atoms with Gasteiger partial charge in [0.15, 0.2) is 5.65 Å². The number of nitrogens with zero attached hydrogens (tertiary/aromatic N) is 5. The van der Waals surface area contributed by atoms with Gasteiger partial charge >= 0.3 is 0 Å². The lowest BCUT2D eigenvalue weighted by atomic mass is 10.1. The predicted octanol–water partition coefficient (Wildman–Crippen LogP) is 2.08. The number of aryl methyl sites for hydroxylation is 1. The van der Waals surface area contributed by atoms with E-state index in [0.29, 0.717) is 0 Å². The van der Waals surface area contributed by atoms with Gasteiger partial charge in [0.25, 0.3) is 0 Å². The first-order valence-electron chi connectivity index (χ1n) is 7.24. The molecule has 0 radical (unpaired) electrons. The molecule has 114 valence electrons. The Morgan fingerprint density at radius 1 is 1.23 bits per heavy atom. The van der Waals surface area contributed by atoms with Gasteiger partial charge in [-0.05, 0) is 31.8 Å². The molecular formula is C16H20N6. The molecule has 1 unspecified atom stereocenters. The third-order valence-corrected chi connectivity index (χ3v) is 3.81. The van der Waals surface area contributed by atoms with E-state index in [1.54, 1.807) is 17.1 Å². The zero-order chi connectivity index (χ0) is 15.5. The summed E-state index contributed by atoms with van der Waals surface area (Å²) in [5.74, 6) is 0. The van der Waals surface area contributed by atoms with Crippen molar-refractivity contribution in [3.05, 3.63) is 48.5 Å². The van der Waals surface area contributed by atoms with E-state index in [1.165, 1.54) is 5.56 Å². The van der Waals surface area contributed by atoms with Gasteiger partial charge in [-0.25, -0.2) is 4.98 Å². The highest BCUT2D eigenvalue weighted by Gasteiger charge is 2.15. The summed E-state index contributed by atoms with van der Waals surface area (Å²) < 4.78 is 1.78. The van der Waals surface area contributed by atoms with E-state index in [0.717, 1.165) is 23.3 Å². The summed E-state index contributed by atoms with van der Waals surface area (Å²) in [6.45, 7) is 0.784. The molecular weight excluding hydrogens is 276 g/mol. The summed E-state index contributed by atoms with van der Waals surface area (Å²) in [5.41, 5.74) is 3.12. The summed E-state index contributed by atoms with van der Waals surface area (Å²) in [5, 5.41) is 8.82. The Balaban J connectivity index is 1.83. The van der Waals surface area contributed by atoms with Crippen LogP contribution in [0.5, 0.6) is 0 Å². The second-order valence-electron chi connectivity index (χ2n) is 5.51. The summed E-state index contributed by atoms with van der Waals surface area (Å²) in [6.07, 6.45) is 7.37. The topological polar surface area (TPSA) is 58.9 Å². The molecule has 6 heteroatoms. The van der Waals surface area contributed by atoms with Crippen LogP contribution in [0.25, 0.3) is 11.0 Å². The zero-order valence-corrected chi connectivity index (χ0v) is 13.1. The number of aromatic nitrogens is 4. The van der Waals surface area contributed by atoms with Crippen LogP contribution >= 0.6 is 0 Å². The van der Waals surface area contributed by atoms with Gasteiger partial charge in [0, 0.05) is 37.9 Å². The molecule has 0 spiro atoms. The lowest BCUT2D eigenvalue weighted by molar-refractivity contribution is 0.311. The van der Waals surface area contributed by atoms with Crippen LogP contribution in [0.2, 0.25) is 0 Å². The Bertz CT molecular complexity index is 750. The summed E-state index contributed by atoms with van der Waals surface area (Å²) in [6, 6.07) is 6.30. The number of nitrogens with one attached hydrogen (secondary N) is 1. The average Bonchev–Trinajstić information content (AvgIpc) is 2.91. The Morgan fingerprint density at radius 2 is 2.09 bits per heavy atom. The minimum absolute atomic E-state index is 0.244. The van der Waals surface area contributed by atoms with E-state index in [9.17, 15) is 0 Å². The van der Waals surface area contributed by atoms with Crippen molar-refractivity contribution in [2.24, 2.45) is 7.05 Å². The Kier molecular flexibility index (Phi) is 4.02. The van der Waals surface area contributed by atoms with Crippen molar-refractivity contribution >= 4 is 16.7 Å². The van der Waals surface area contributed by atoms with E-state index in [-0.39, 0.29) is 6.04 Å². The molecule has 0 bridgehead atoms. The van der Waals surface area contributed by atoms with E-state index < -0.39 is 0 Å². The fourth-order valence-electron chi connectivity index (χ4n) is 2.58. The molecule has 3 aromatic heterocycles. The van der Waals surface area contributed by atoms with Crippen LogP contribution in [0.4, 0.5) is 5.69 Å². The van der Waals surface area contributed by atoms with Crippen molar-refractivity contribution < 1.29 is 0 Å². The molecule has 0 saturated carbocycles. The summed E-state index contributed by atoms with van der Waals surface area (Å²) in [4.78, 5) is 10.8. The largest absolute Gasteiger partial charge is 0.382 e. The van der Waals surface area contributed by atoms with Crippen molar-refractivity contribution in [1.29, 1.82) is 0 Å². The van der Waals surface area contributed by atoms with Crippen LogP contribution in [0, 0.1) is 0 Å². The molecule has 3 aromatic rings. The quantitative estimate of drug-likeness (QED) is 0.781. The van der Waals surface area contributed by atoms with Crippen molar-refractivity contribution in [2.45, 2.75) is 6.04 Å². The van der Waals surface area contributed by atoms with Crippen LogP contribution in [-0.4, -0.2) is 45.3 Å². The van der Waals surface area contributed by atoms with E-state index >= 15 is 0 Å². The molecule has 0 amide bonds. The molecule has 1 atom stereocenters. The van der Waals surface area contributed by atoms with Gasteiger partial charge in [0.05, 0.1) is 17.6 Å². The Labute approximate surface area is 129 Å². The van der Waals surface area contributed by atoms with Gasteiger partial charge in [-0.15, -0.1) is 0 Å².